The molecule has 0 aliphatic carbocycles. The van der Waals surface area contributed by atoms with E-state index in [0.717, 1.165) is 27.7 Å². The second-order valence-electron chi connectivity index (χ2n) is 6.47. The zero-order chi connectivity index (χ0) is 17.5. The summed E-state index contributed by atoms with van der Waals surface area (Å²) in [4.78, 5) is 6.29. The summed E-state index contributed by atoms with van der Waals surface area (Å²) in [6.07, 6.45) is 0. The van der Waals surface area contributed by atoms with Gasteiger partial charge in [0.25, 0.3) is 0 Å². The first-order valence-electron chi connectivity index (χ1n) is 8.61. The molecule has 0 N–H and O–H groups in total. The van der Waals surface area contributed by atoms with Gasteiger partial charge in [0, 0.05) is 20.7 Å². The van der Waals surface area contributed by atoms with E-state index in [-0.39, 0.29) is 11.2 Å². The molecule has 4 heteroatoms. The quantitative estimate of drug-likeness (QED) is 0.495. The topological polar surface area (TPSA) is 21.6 Å². The van der Waals surface area contributed by atoms with E-state index in [4.69, 9.17) is 21.3 Å². The van der Waals surface area contributed by atoms with Gasteiger partial charge in [-0.15, -0.1) is 11.8 Å². The maximum Gasteiger partial charge on any atom is 0.128 e. The first-order chi connectivity index (χ1) is 12.8. The van der Waals surface area contributed by atoms with Gasteiger partial charge in [0.1, 0.15) is 5.75 Å². The maximum atomic E-state index is 6.11. The molecule has 26 heavy (non-hydrogen) atoms. The molecule has 0 aromatic heterocycles. The van der Waals surface area contributed by atoms with Gasteiger partial charge in [0.2, 0.25) is 0 Å². The molecule has 0 fully saturated rings. The minimum absolute atomic E-state index is 0.184. The van der Waals surface area contributed by atoms with Crippen LogP contribution in [0.5, 0.6) is 5.75 Å². The van der Waals surface area contributed by atoms with Crippen LogP contribution in [0.3, 0.4) is 0 Å². The fraction of sp³-hybridized carbons (Fsp3) is 0.136. The Morgan fingerprint density at radius 1 is 0.923 bits per heavy atom. The number of halogens is 1. The van der Waals surface area contributed by atoms with Crippen molar-refractivity contribution < 1.29 is 4.74 Å². The van der Waals surface area contributed by atoms with Crippen LogP contribution in [0.1, 0.15) is 16.4 Å². The third kappa shape index (κ3) is 2.72. The van der Waals surface area contributed by atoms with Gasteiger partial charge in [-0.1, -0.05) is 48.0 Å². The van der Waals surface area contributed by atoms with Crippen molar-refractivity contribution in [2.45, 2.75) is 10.1 Å². The number of ether oxygens (including phenoxy) is 1. The molecule has 2 heterocycles. The van der Waals surface area contributed by atoms with Gasteiger partial charge in [-0.25, -0.2) is 0 Å². The average Bonchev–Trinajstić information content (AvgIpc) is 2.85. The molecular formula is C22H16ClNOS. The van der Waals surface area contributed by atoms with E-state index in [2.05, 4.69) is 36.4 Å². The number of fused-ring (bicyclic) bond motifs is 4. The Morgan fingerprint density at radius 2 is 1.69 bits per heavy atom. The Bertz CT molecular complexity index is 999. The van der Waals surface area contributed by atoms with E-state index in [1.54, 1.807) is 0 Å². The van der Waals surface area contributed by atoms with Crippen LogP contribution >= 0.6 is 23.4 Å². The Hall–Kier alpha value is -2.23. The highest BCUT2D eigenvalue weighted by atomic mass is 35.5. The van der Waals surface area contributed by atoms with Gasteiger partial charge in [-0.05, 0) is 42.0 Å². The number of benzene rings is 3. The lowest BCUT2D eigenvalue weighted by atomic mass is 9.88. The molecule has 5 rings (SSSR count). The first kappa shape index (κ1) is 16.0. The van der Waals surface area contributed by atoms with E-state index < -0.39 is 0 Å². The van der Waals surface area contributed by atoms with Crippen LogP contribution in [0.2, 0.25) is 5.02 Å². The highest BCUT2D eigenvalue weighted by Crippen LogP contribution is 2.50. The molecule has 3 aromatic rings. The molecule has 0 saturated heterocycles. The van der Waals surface area contributed by atoms with Crippen molar-refractivity contribution in [3.8, 4) is 5.75 Å². The van der Waals surface area contributed by atoms with Gasteiger partial charge < -0.3 is 4.74 Å². The maximum absolute atomic E-state index is 6.11. The van der Waals surface area contributed by atoms with Crippen LogP contribution in [-0.4, -0.2) is 12.3 Å². The number of hydrogen-bond donors (Lipinski definition) is 0. The SMILES string of the molecule is Clc1ccc([C@H]2Sc3ccccc3N=C3c4ccccc4OC[C@H]32)cc1. The molecule has 2 nitrogen and oxygen atoms in total. The highest BCUT2D eigenvalue weighted by Gasteiger charge is 2.37. The number of aliphatic imine (C=N–C) groups is 1. The van der Waals surface area contributed by atoms with E-state index in [9.17, 15) is 0 Å². The molecule has 2 atom stereocenters. The number of hydrogen-bond acceptors (Lipinski definition) is 3. The van der Waals surface area contributed by atoms with Gasteiger partial charge in [0.15, 0.2) is 0 Å². The minimum Gasteiger partial charge on any atom is -0.492 e. The summed E-state index contributed by atoms with van der Waals surface area (Å²) in [6.45, 7) is 0.629. The second-order valence-corrected chi connectivity index (χ2v) is 8.09. The molecule has 3 aromatic carbocycles. The van der Waals surface area contributed by atoms with Crippen LogP contribution in [0, 0.1) is 5.92 Å². The number of thioether (sulfide) groups is 1. The smallest absolute Gasteiger partial charge is 0.128 e. The molecule has 0 saturated carbocycles. The van der Waals surface area contributed by atoms with E-state index in [1.165, 1.54) is 10.5 Å². The van der Waals surface area contributed by atoms with E-state index in [1.807, 2.05) is 48.2 Å². The minimum atomic E-state index is 0.184. The van der Waals surface area contributed by atoms with Gasteiger partial charge in [-0.2, -0.15) is 0 Å². The third-order valence-corrected chi connectivity index (χ3v) is 6.56. The zero-order valence-electron chi connectivity index (χ0n) is 13.9. The van der Waals surface area contributed by atoms with Crippen LogP contribution < -0.4 is 4.74 Å². The molecule has 2 aliphatic rings. The summed E-state index contributed by atoms with van der Waals surface area (Å²) in [5.74, 6) is 1.10. The van der Waals surface area contributed by atoms with Crippen molar-refractivity contribution in [1.29, 1.82) is 0 Å². The molecule has 0 unspecified atom stereocenters. The Morgan fingerprint density at radius 3 is 2.58 bits per heavy atom. The van der Waals surface area contributed by atoms with E-state index >= 15 is 0 Å². The van der Waals surface area contributed by atoms with Crippen molar-refractivity contribution in [3.63, 3.8) is 0 Å². The fourth-order valence-electron chi connectivity index (χ4n) is 3.59. The van der Waals surface area contributed by atoms with Crippen LogP contribution in [0.25, 0.3) is 0 Å². The Kier molecular flexibility index (Phi) is 3.99. The predicted octanol–water partition coefficient (Wildman–Crippen LogP) is 6.32. The lowest BCUT2D eigenvalue weighted by Crippen LogP contribution is -2.31. The van der Waals surface area contributed by atoms with Crippen LogP contribution in [-0.2, 0) is 0 Å². The Labute approximate surface area is 161 Å². The zero-order valence-corrected chi connectivity index (χ0v) is 15.5. The van der Waals surface area contributed by atoms with Crippen LogP contribution in [0.15, 0.2) is 82.7 Å². The predicted molar refractivity (Wildman–Crippen MR) is 108 cm³/mol. The Balaban J connectivity index is 1.70. The van der Waals surface area contributed by atoms with Gasteiger partial charge in [0.05, 0.1) is 23.9 Å². The molecule has 0 bridgehead atoms. The number of nitrogens with zero attached hydrogens (tertiary/aromatic N) is 1. The summed E-state index contributed by atoms with van der Waals surface area (Å²) in [6, 6.07) is 24.7. The van der Waals surface area contributed by atoms with Crippen molar-refractivity contribution >= 4 is 34.8 Å². The summed E-state index contributed by atoms with van der Waals surface area (Å²) < 4.78 is 6.10. The van der Waals surface area contributed by atoms with Crippen molar-refractivity contribution in [1.82, 2.24) is 0 Å². The van der Waals surface area contributed by atoms with Crippen molar-refractivity contribution in [2.75, 3.05) is 6.61 Å². The molecular weight excluding hydrogens is 362 g/mol. The van der Waals surface area contributed by atoms with Crippen LogP contribution in [0.4, 0.5) is 5.69 Å². The van der Waals surface area contributed by atoms with Crippen molar-refractivity contribution in [2.24, 2.45) is 10.9 Å². The highest BCUT2D eigenvalue weighted by molar-refractivity contribution is 7.99. The normalized spacial score (nSPS) is 20.7. The number of para-hydroxylation sites is 2. The monoisotopic (exact) mass is 377 g/mol. The standard InChI is InChI=1S/C22H16ClNOS/c23-15-11-9-14(10-12-15)22-17-13-25-19-7-3-1-5-16(19)21(17)24-18-6-2-4-8-20(18)26-22/h1-12,17,22H,13H2/t17-,22-/m1/s1. The molecule has 0 amide bonds. The largest absolute Gasteiger partial charge is 0.492 e. The summed E-state index contributed by atoms with van der Waals surface area (Å²) >= 11 is 7.97. The average molecular weight is 378 g/mol. The lowest BCUT2D eigenvalue weighted by molar-refractivity contribution is 0.271. The second kappa shape index (κ2) is 6.49. The first-order valence-corrected chi connectivity index (χ1v) is 9.87. The van der Waals surface area contributed by atoms with E-state index in [0.29, 0.717) is 6.61 Å². The third-order valence-electron chi connectivity index (χ3n) is 4.86. The van der Waals surface area contributed by atoms with Gasteiger partial charge >= 0.3 is 0 Å². The number of rotatable bonds is 1. The summed E-state index contributed by atoms with van der Waals surface area (Å²) in [5.41, 5.74) is 4.49. The fourth-order valence-corrected chi connectivity index (χ4v) is 5.04. The van der Waals surface area contributed by atoms with Crippen molar-refractivity contribution in [3.05, 3.63) is 88.9 Å². The summed E-state index contributed by atoms with van der Waals surface area (Å²) in [7, 11) is 0. The molecule has 0 radical (unpaired) electrons. The molecule has 0 spiro atoms. The summed E-state index contributed by atoms with van der Waals surface area (Å²) in [5, 5.41) is 0.981. The van der Waals surface area contributed by atoms with Gasteiger partial charge in [-0.3, -0.25) is 4.99 Å². The molecule has 2 aliphatic heterocycles. The molecule has 128 valence electrons. The lowest BCUT2D eigenvalue weighted by Gasteiger charge is -2.31.